The highest BCUT2D eigenvalue weighted by atomic mass is 16.5. The van der Waals surface area contributed by atoms with Gasteiger partial charge >= 0.3 is 5.97 Å². The van der Waals surface area contributed by atoms with E-state index < -0.39 is 30.1 Å². The molecular formula is C18H26O6. The normalized spacial score (nSPS) is 14.7. The summed E-state index contributed by atoms with van der Waals surface area (Å²) in [6.07, 6.45) is 1.54. The molecule has 3 N–H and O–H groups in total. The molecule has 0 aromatic heterocycles. The smallest absolute Gasteiger partial charge is 0.338 e. The zero-order valence-corrected chi connectivity index (χ0v) is 14.2. The fraction of sp³-hybridized carbons (Fsp3) is 0.556. The molecule has 0 amide bonds. The van der Waals surface area contributed by atoms with E-state index >= 15 is 0 Å². The summed E-state index contributed by atoms with van der Waals surface area (Å²) in [5.74, 6) is -1.24. The Bertz CT molecular complexity index is 537. The van der Waals surface area contributed by atoms with E-state index in [0.717, 1.165) is 6.42 Å². The molecule has 0 heterocycles. The van der Waals surface area contributed by atoms with E-state index in [-0.39, 0.29) is 30.6 Å². The molecule has 24 heavy (non-hydrogen) atoms. The predicted octanol–water partition coefficient (Wildman–Crippen LogP) is 2.20. The van der Waals surface area contributed by atoms with Crippen LogP contribution in [0.1, 0.15) is 56.3 Å². The fourth-order valence-electron chi connectivity index (χ4n) is 2.27. The Morgan fingerprint density at radius 1 is 1.21 bits per heavy atom. The van der Waals surface area contributed by atoms with Gasteiger partial charge in [0.1, 0.15) is 11.4 Å². The summed E-state index contributed by atoms with van der Waals surface area (Å²) >= 11 is 0. The molecular weight excluding hydrogens is 312 g/mol. The number of ketones is 1. The Hall–Kier alpha value is -1.92. The number of aliphatic hydroxyl groups excluding tert-OH is 1. The van der Waals surface area contributed by atoms with Crippen molar-refractivity contribution in [3.8, 4) is 5.75 Å². The first-order valence-electron chi connectivity index (χ1n) is 8.18. The standard InChI is InChI=1S/C18H26O6/c1-3-4-10-18(23,11-9-13(2)19)16(21)12-24-17(22)14-5-7-15(20)8-6-14/h5-8,13,19-20,23H,3-4,9-12H2,1-2H3/t13-,18+/m0/s1. The van der Waals surface area contributed by atoms with Crippen LogP contribution >= 0.6 is 0 Å². The number of Topliss-reactive ketones (excluding diaryl/α,β-unsaturated/α-hetero) is 1. The average Bonchev–Trinajstić information content (AvgIpc) is 2.56. The molecule has 0 radical (unpaired) electrons. The number of phenols is 1. The van der Waals surface area contributed by atoms with E-state index in [2.05, 4.69) is 0 Å². The Morgan fingerprint density at radius 2 is 1.83 bits per heavy atom. The lowest BCUT2D eigenvalue weighted by Crippen LogP contribution is -2.42. The molecule has 0 aliphatic rings. The van der Waals surface area contributed by atoms with Crippen LogP contribution in [-0.4, -0.2) is 45.4 Å². The van der Waals surface area contributed by atoms with Crippen molar-refractivity contribution in [3.63, 3.8) is 0 Å². The molecule has 0 saturated carbocycles. The monoisotopic (exact) mass is 338 g/mol. The van der Waals surface area contributed by atoms with Crippen molar-refractivity contribution in [1.29, 1.82) is 0 Å². The summed E-state index contributed by atoms with van der Waals surface area (Å²) in [6.45, 7) is 3.01. The molecule has 1 rings (SSSR count). The quantitative estimate of drug-likeness (QED) is 0.565. The maximum Gasteiger partial charge on any atom is 0.338 e. The Morgan fingerprint density at radius 3 is 2.38 bits per heavy atom. The van der Waals surface area contributed by atoms with Crippen LogP contribution in [0.5, 0.6) is 5.75 Å². The number of esters is 1. The topological polar surface area (TPSA) is 104 Å². The number of aliphatic hydroxyl groups is 2. The van der Waals surface area contributed by atoms with Gasteiger partial charge in [0.2, 0.25) is 5.78 Å². The number of unbranched alkanes of at least 4 members (excludes halogenated alkanes) is 1. The van der Waals surface area contributed by atoms with Crippen LogP contribution in [0.2, 0.25) is 0 Å². The number of carbonyl (C=O) groups is 2. The molecule has 0 fully saturated rings. The van der Waals surface area contributed by atoms with Gasteiger partial charge in [0.05, 0.1) is 11.7 Å². The van der Waals surface area contributed by atoms with Crippen LogP contribution in [0.4, 0.5) is 0 Å². The summed E-state index contributed by atoms with van der Waals surface area (Å²) in [7, 11) is 0. The van der Waals surface area contributed by atoms with Crippen molar-refractivity contribution in [2.24, 2.45) is 0 Å². The van der Waals surface area contributed by atoms with E-state index in [1.165, 1.54) is 24.3 Å². The lowest BCUT2D eigenvalue weighted by molar-refractivity contribution is -0.142. The van der Waals surface area contributed by atoms with Crippen molar-refractivity contribution in [2.45, 2.75) is 57.7 Å². The molecule has 0 aliphatic carbocycles. The van der Waals surface area contributed by atoms with Gasteiger partial charge in [-0.3, -0.25) is 4.79 Å². The van der Waals surface area contributed by atoms with Crippen LogP contribution in [0.15, 0.2) is 24.3 Å². The Balaban J connectivity index is 2.66. The molecule has 0 unspecified atom stereocenters. The van der Waals surface area contributed by atoms with Crippen molar-refractivity contribution >= 4 is 11.8 Å². The van der Waals surface area contributed by atoms with Crippen LogP contribution in [0.3, 0.4) is 0 Å². The third-order valence-electron chi connectivity index (χ3n) is 3.88. The van der Waals surface area contributed by atoms with Crippen molar-refractivity contribution < 1.29 is 29.6 Å². The predicted molar refractivity (Wildman–Crippen MR) is 88.8 cm³/mol. The number of rotatable bonds is 10. The minimum absolute atomic E-state index is 0.0229. The first-order chi connectivity index (χ1) is 11.3. The molecule has 6 heteroatoms. The number of benzene rings is 1. The van der Waals surface area contributed by atoms with Crippen LogP contribution in [0.25, 0.3) is 0 Å². The summed E-state index contributed by atoms with van der Waals surface area (Å²) in [6, 6.07) is 5.47. The second-order valence-corrected chi connectivity index (χ2v) is 6.07. The lowest BCUT2D eigenvalue weighted by atomic mass is 9.86. The summed E-state index contributed by atoms with van der Waals surface area (Å²) < 4.78 is 4.97. The average molecular weight is 338 g/mol. The number of carbonyl (C=O) groups excluding carboxylic acids is 2. The zero-order chi connectivity index (χ0) is 18.2. The third kappa shape index (κ3) is 6.29. The largest absolute Gasteiger partial charge is 0.508 e. The Kier molecular flexibility index (Phi) is 7.88. The maximum absolute atomic E-state index is 12.3. The van der Waals surface area contributed by atoms with Gasteiger partial charge in [0, 0.05) is 0 Å². The number of ether oxygens (including phenoxy) is 1. The van der Waals surface area contributed by atoms with Gasteiger partial charge in [-0.25, -0.2) is 4.79 Å². The van der Waals surface area contributed by atoms with Gasteiger partial charge in [-0.1, -0.05) is 19.8 Å². The molecule has 0 bridgehead atoms. The number of hydrogen-bond donors (Lipinski definition) is 3. The lowest BCUT2D eigenvalue weighted by Gasteiger charge is -2.27. The molecule has 2 atom stereocenters. The second kappa shape index (κ2) is 9.39. The molecule has 1 aromatic carbocycles. The van der Waals surface area contributed by atoms with E-state index in [1.54, 1.807) is 6.92 Å². The number of phenolic OH excluding ortho intramolecular Hbond substituents is 1. The second-order valence-electron chi connectivity index (χ2n) is 6.07. The summed E-state index contributed by atoms with van der Waals surface area (Å²) in [5, 5.41) is 29.2. The number of hydrogen-bond acceptors (Lipinski definition) is 6. The van der Waals surface area contributed by atoms with Crippen molar-refractivity contribution in [3.05, 3.63) is 29.8 Å². The van der Waals surface area contributed by atoms with E-state index in [4.69, 9.17) is 4.74 Å². The maximum atomic E-state index is 12.3. The highest BCUT2D eigenvalue weighted by Crippen LogP contribution is 2.23. The molecule has 0 saturated heterocycles. The highest BCUT2D eigenvalue weighted by molar-refractivity contribution is 5.93. The van der Waals surface area contributed by atoms with Gasteiger partial charge < -0.3 is 20.1 Å². The Labute approximate surface area is 142 Å². The molecule has 6 nitrogen and oxygen atoms in total. The molecule has 0 aliphatic heterocycles. The van der Waals surface area contributed by atoms with Crippen molar-refractivity contribution in [2.75, 3.05) is 6.61 Å². The molecule has 0 spiro atoms. The van der Waals surface area contributed by atoms with Gasteiger partial charge in [-0.2, -0.15) is 0 Å². The van der Waals surface area contributed by atoms with Gasteiger partial charge in [0.25, 0.3) is 0 Å². The van der Waals surface area contributed by atoms with Crippen LogP contribution in [-0.2, 0) is 9.53 Å². The zero-order valence-electron chi connectivity index (χ0n) is 14.2. The van der Waals surface area contributed by atoms with Gasteiger partial charge in [-0.05, 0) is 50.5 Å². The van der Waals surface area contributed by atoms with Gasteiger partial charge in [0.15, 0.2) is 6.61 Å². The highest BCUT2D eigenvalue weighted by Gasteiger charge is 2.35. The summed E-state index contributed by atoms with van der Waals surface area (Å²) in [5.41, 5.74) is -1.39. The van der Waals surface area contributed by atoms with E-state index in [9.17, 15) is 24.9 Å². The molecule has 134 valence electrons. The van der Waals surface area contributed by atoms with Crippen molar-refractivity contribution in [1.82, 2.24) is 0 Å². The molecule has 1 aromatic rings. The van der Waals surface area contributed by atoms with E-state index in [1.807, 2.05) is 6.92 Å². The van der Waals surface area contributed by atoms with Crippen LogP contribution < -0.4 is 0 Å². The SMILES string of the molecule is CCCC[C@@](O)(CC[C@H](C)O)C(=O)COC(=O)c1ccc(O)cc1. The summed E-state index contributed by atoms with van der Waals surface area (Å²) in [4.78, 5) is 24.2. The third-order valence-corrected chi connectivity index (χ3v) is 3.88. The first kappa shape index (κ1) is 20.1. The number of aromatic hydroxyl groups is 1. The van der Waals surface area contributed by atoms with Crippen LogP contribution in [0, 0.1) is 0 Å². The first-order valence-corrected chi connectivity index (χ1v) is 8.18. The minimum Gasteiger partial charge on any atom is -0.508 e. The van der Waals surface area contributed by atoms with Gasteiger partial charge in [-0.15, -0.1) is 0 Å². The minimum atomic E-state index is -1.60. The van der Waals surface area contributed by atoms with E-state index in [0.29, 0.717) is 6.42 Å². The fourth-order valence-corrected chi connectivity index (χ4v) is 2.27.